The first kappa shape index (κ1) is 15.7. The van der Waals surface area contributed by atoms with Gasteiger partial charge in [0, 0.05) is 12.0 Å². The van der Waals surface area contributed by atoms with Gasteiger partial charge in [-0.2, -0.15) is 0 Å². The SMILES string of the molecule is CCCc1ccc(C2(F)CC=CC=C2c2ccc(F)cc2)cc1. The second kappa shape index (κ2) is 6.49. The topological polar surface area (TPSA) is 0 Å². The van der Waals surface area contributed by atoms with Crippen molar-refractivity contribution in [3.05, 3.63) is 89.3 Å². The number of allylic oxidation sites excluding steroid dienone is 4. The molecule has 0 aliphatic heterocycles. The second-order valence-corrected chi connectivity index (χ2v) is 5.97. The average molecular weight is 310 g/mol. The molecule has 2 aromatic carbocycles. The first-order chi connectivity index (χ1) is 11.1. The number of halogens is 2. The van der Waals surface area contributed by atoms with Crippen molar-refractivity contribution in [3.63, 3.8) is 0 Å². The van der Waals surface area contributed by atoms with Gasteiger partial charge >= 0.3 is 0 Å². The zero-order valence-electron chi connectivity index (χ0n) is 13.2. The van der Waals surface area contributed by atoms with Crippen LogP contribution in [0.1, 0.15) is 36.5 Å². The average Bonchev–Trinajstić information content (AvgIpc) is 2.57. The van der Waals surface area contributed by atoms with E-state index in [-0.39, 0.29) is 5.82 Å². The highest BCUT2D eigenvalue weighted by molar-refractivity contribution is 5.76. The van der Waals surface area contributed by atoms with Gasteiger partial charge in [0.1, 0.15) is 5.82 Å². The van der Waals surface area contributed by atoms with Gasteiger partial charge in [0.25, 0.3) is 0 Å². The summed E-state index contributed by atoms with van der Waals surface area (Å²) >= 11 is 0. The minimum atomic E-state index is -1.57. The van der Waals surface area contributed by atoms with Gasteiger partial charge in [0.15, 0.2) is 5.67 Å². The smallest absolute Gasteiger partial charge is 0.165 e. The molecular formula is C21H20F2. The van der Waals surface area contributed by atoms with Gasteiger partial charge in [-0.05, 0) is 35.2 Å². The number of benzene rings is 2. The zero-order chi connectivity index (χ0) is 16.3. The monoisotopic (exact) mass is 310 g/mol. The van der Waals surface area contributed by atoms with Crippen molar-refractivity contribution >= 4 is 5.57 Å². The second-order valence-electron chi connectivity index (χ2n) is 5.97. The van der Waals surface area contributed by atoms with Crippen LogP contribution in [0.2, 0.25) is 0 Å². The van der Waals surface area contributed by atoms with Crippen LogP contribution < -0.4 is 0 Å². The number of hydrogen-bond donors (Lipinski definition) is 0. The molecule has 0 heterocycles. The molecular weight excluding hydrogens is 290 g/mol. The van der Waals surface area contributed by atoms with E-state index in [1.165, 1.54) is 17.7 Å². The van der Waals surface area contributed by atoms with Crippen LogP contribution in [-0.2, 0) is 12.1 Å². The highest BCUT2D eigenvalue weighted by atomic mass is 19.1. The Bertz CT molecular complexity index is 723. The summed E-state index contributed by atoms with van der Waals surface area (Å²) in [5.74, 6) is -0.311. The van der Waals surface area contributed by atoms with Crippen LogP contribution >= 0.6 is 0 Å². The predicted octanol–water partition coefficient (Wildman–Crippen LogP) is 5.99. The lowest BCUT2D eigenvalue weighted by Crippen LogP contribution is -2.23. The van der Waals surface area contributed by atoms with E-state index in [9.17, 15) is 4.39 Å². The van der Waals surface area contributed by atoms with Crippen molar-refractivity contribution < 1.29 is 8.78 Å². The number of aryl methyl sites for hydroxylation is 1. The Morgan fingerprint density at radius 3 is 2.35 bits per heavy atom. The quantitative estimate of drug-likeness (QED) is 0.651. The van der Waals surface area contributed by atoms with Gasteiger partial charge < -0.3 is 0 Å². The lowest BCUT2D eigenvalue weighted by Gasteiger charge is -2.30. The molecule has 3 rings (SSSR count). The minimum absolute atomic E-state index is 0.295. The Balaban J connectivity index is 1.99. The van der Waals surface area contributed by atoms with Gasteiger partial charge in [-0.1, -0.05) is 68.0 Å². The Labute approximate surface area is 136 Å². The lowest BCUT2D eigenvalue weighted by molar-refractivity contribution is 0.249. The molecule has 0 saturated heterocycles. The van der Waals surface area contributed by atoms with E-state index < -0.39 is 5.67 Å². The number of rotatable bonds is 4. The Hall–Kier alpha value is -2.22. The van der Waals surface area contributed by atoms with E-state index in [4.69, 9.17) is 0 Å². The van der Waals surface area contributed by atoms with Crippen molar-refractivity contribution in [2.24, 2.45) is 0 Å². The summed E-state index contributed by atoms with van der Waals surface area (Å²) in [6.45, 7) is 2.13. The van der Waals surface area contributed by atoms with Crippen molar-refractivity contribution in [1.82, 2.24) is 0 Å². The van der Waals surface area contributed by atoms with Crippen LogP contribution in [0.3, 0.4) is 0 Å². The molecule has 23 heavy (non-hydrogen) atoms. The fraction of sp³-hybridized carbons (Fsp3) is 0.238. The van der Waals surface area contributed by atoms with E-state index in [0.29, 0.717) is 17.6 Å². The lowest BCUT2D eigenvalue weighted by atomic mass is 9.79. The Morgan fingerprint density at radius 2 is 1.70 bits per heavy atom. The molecule has 0 amide bonds. The van der Waals surface area contributed by atoms with Crippen LogP contribution in [0.15, 0.2) is 66.8 Å². The molecule has 1 atom stereocenters. The van der Waals surface area contributed by atoms with Crippen LogP contribution in [0.25, 0.3) is 5.57 Å². The highest BCUT2D eigenvalue weighted by Gasteiger charge is 2.37. The summed E-state index contributed by atoms with van der Waals surface area (Å²) < 4.78 is 29.0. The molecule has 1 aliphatic rings. The molecule has 118 valence electrons. The molecule has 0 nitrogen and oxygen atoms in total. The van der Waals surface area contributed by atoms with E-state index in [2.05, 4.69) is 6.92 Å². The third-order valence-corrected chi connectivity index (χ3v) is 4.33. The summed E-state index contributed by atoms with van der Waals surface area (Å²) in [6.07, 6.45) is 7.86. The Morgan fingerprint density at radius 1 is 1.00 bits per heavy atom. The molecule has 0 fully saturated rings. The largest absolute Gasteiger partial charge is 0.233 e. The molecule has 0 bridgehead atoms. The Kier molecular flexibility index (Phi) is 4.42. The van der Waals surface area contributed by atoms with Gasteiger partial charge in [-0.3, -0.25) is 0 Å². The summed E-state index contributed by atoms with van der Waals surface area (Å²) in [4.78, 5) is 0. The first-order valence-electron chi connectivity index (χ1n) is 8.05. The highest BCUT2D eigenvalue weighted by Crippen LogP contribution is 2.45. The number of alkyl halides is 1. The maximum atomic E-state index is 15.9. The van der Waals surface area contributed by atoms with Gasteiger partial charge in [0.2, 0.25) is 0 Å². The third kappa shape index (κ3) is 3.12. The molecule has 1 unspecified atom stereocenters. The third-order valence-electron chi connectivity index (χ3n) is 4.33. The van der Waals surface area contributed by atoms with E-state index in [0.717, 1.165) is 18.4 Å². The predicted molar refractivity (Wildman–Crippen MR) is 91.4 cm³/mol. The van der Waals surface area contributed by atoms with Gasteiger partial charge in [-0.25, -0.2) is 8.78 Å². The summed E-state index contributed by atoms with van der Waals surface area (Å²) in [5.41, 5.74) is 1.60. The van der Waals surface area contributed by atoms with Crippen molar-refractivity contribution in [1.29, 1.82) is 0 Å². The maximum Gasteiger partial charge on any atom is 0.165 e. The summed E-state index contributed by atoms with van der Waals surface area (Å²) in [7, 11) is 0. The fourth-order valence-corrected chi connectivity index (χ4v) is 3.09. The molecule has 2 aromatic rings. The van der Waals surface area contributed by atoms with Gasteiger partial charge in [0.05, 0.1) is 0 Å². The molecule has 0 radical (unpaired) electrons. The van der Waals surface area contributed by atoms with Crippen LogP contribution in [-0.4, -0.2) is 0 Å². The first-order valence-corrected chi connectivity index (χ1v) is 8.05. The van der Waals surface area contributed by atoms with Crippen molar-refractivity contribution in [3.8, 4) is 0 Å². The van der Waals surface area contributed by atoms with Crippen LogP contribution in [0, 0.1) is 5.82 Å². The molecule has 2 heteroatoms. The molecule has 0 N–H and O–H groups in total. The van der Waals surface area contributed by atoms with Gasteiger partial charge in [-0.15, -0.1) is 0 Å². The van der Waals surface area contributed by atoms with E-state index in [1.807, 2.05) is 36.4 Å². The zero-order valence-corrected chi connectivity index (χ0v) is 13.2. The summed E-state index contributed by atoms with van der Waals surface area (Å²) in [5, 5.41) is 0. The molecule has 0 spiro atoms. The summed E-state index contributed by atoms with van der Waals surface area (Å²) in [6, 6.07) is 13.8. The van der Waals surface area contributed by atoms with Crippen molar-refractivity contribution in [2.45, 2.75) is 31.9 Å². The van der Waals surface area contributed by atoms with Crippen LogP contribution in [0.4, 0.5) is 8.78 Å². The fourth-order valence-electron chi connectivity index (χ4n) is 3.09. The maximum absolute atomic E-state index is 15.9. The number of hydrogen-bond acceptors (Lipinski definition) is 0. The molecule has 0 saturated carbocycles. The van der Waals surface area contributed by atoms with E-state index in [1.54, 1.807) is 18.2 Å². The van der Waals surface area contributed by atoms with Crippen LogP contribution in [0.5, 0.6) is 0 Å². The molecule has 1 aliphatic carbocycles. The van der Waals surface area contributed by atoms with Crippen molar-refractivity contribution in [2.75, 3.05) is 0 Å². The van der Waals surface area contributed by atoms with E-state index >= 15 is 4.39 Å². The standard InChI is InChI=1S/C21H20F2/c1-2-5-16-7-11-18(12-8-16)21(23)15-4-3-6-20(21)17-9-13-19(22)14-10-17/h3-4,6-14H,2,5,15H2,1H3. The molecule has 0 aromatic heterocycles. The minimum Gasteiger partial charge on any atom is -0.233 e. The normalized spacial score (nSPS) is 20.4.